The predicted molar refractivity (Wildman–Crippen MR) is 78.1 cm³/mol. The van der Waals surface area contributed by atoms with Gasteiger partial charge in [0, 0.05) is 13.6 Å². The highest BCUT2D eigenvalue weighted by atomic mass is 16.5. The summed E-state index contributed by atoms with van der Waals surface area (Å²) in [5.74, 6) is 1.37. The maximum absolute atomic E-state index is 7.58. The molecular weight excluding hydrogens is 254 g/mol. The molecule has 0 radical (unpaired) electrons. The topological polar surface area (TPSA) is 88.1 Å². The van der Waals surface area contributed by atoms with Crippen molar-refractivity contribution in [3.63, 3.8) is 0 Å². The molecule has 20 heavy (non-hydrogen) atoms. The Kier molecular flexibility index (Phi) is 4.14. The van der Waals surface area contributed by atoms with Gasteiger partial charge < -0.3 is 15.4 Å². The van der Waals surface area contributed by atoms with Crippen molar-refractivity contribution in [1.82, 2.24) is 10.2 Å². The van der Waals surface area contributed by atoms with Gasteiger partial charge in [0.1, 0.15) is 11.6 Å². The number of hydrogen-bond donors (Lipinski definition) is 2. The number of aromatic nitrogens is 2. The quantitative estimate of drug-likeness (QED) is 0.634. The third kappa shape index (κ3) is 3.03. The van der Waals surface area contributed by atoms with Gasteiger partial charge in [-0.15, -0.1) is 5.10 Å². The zero-order chi connectivity index (χ0) is 14.5. The zero-order valence-corrected chi connectivity index (χ0v) is 11.5. The number of nitrogens with one attached hydrogen (secondary N) is 1. The van der Waals surface area contributed by atoms with Gasteiger partial charge in [0.15, 0.2) is 5.82 Å². The largest absolute Gasteiger partial charge is 0.497 e. The van der Waals surface area contributed by atoms with Crippen molar-refractivity contribution >= 4 is 11.7 Å². The minimum Gasteiger partial charge on any atom is -0.497 e. The zero-order valence-electron chi connectivity index (χ0n) is 11.5. The van der Waals surface area contributed by atoms with Gasteiger partial charge in [0.25, 0.3) is 0 Å². The minimum atomic E-state index is -0.0209. The molecule has 0 saturated carbocycles. The van der Waals surface area contributed by atoms with Crippen LogP contribution in [0.1, 0.15) is 11.1 Å². The SMILES string of the molecule is COc1cccc(CN(C)c2nnccc2C(=N)N)c1. The molecule has 0 fully saturated rings. The Morgan fingerprint density at radius 2 is 2.20 bits per heavy atom. The van der Waals surface area contributed by atoms with Crippen LogP contribution in [0.2, 0.25) is 0 Å². The van der Waals surface area contributed by atoms with E-state index in [1.807, 2.05) is 36.2 Å². The van der Waals surface area contributed by atoms with E-state index in [2.05, 4.69) is 10.2 Å². The summed E-state index contributed by atoms with van der Waals surface area (Å²) in [7, 11) is 3.52. The number of nitrogens with two attached hydrogens (primary N) is 1. The highest BCUT2D eigenvalue weighted by molar-refractivity contribution is 5.99. The normalized spacial score (nSPS) is 10.1. The van der Waals surface area contributed by atoms with Gasteiger partial charge in [-0.05, 0) is 23.8 Å². The van der Waals surface area contributed by atoms with Crippen molar-refractivity contribution in [2.24, 2.45) is 5.73 Å². The smallest absolute Gasteiger partial charge is 0.162 e. The molecule has 0 amide bonds. The van der Waals surface area contributed by atoms with Crippen LogP contribution in [0.4, 0.5) is 5.82 Å². The van der Waals surface area contributed by atoms with Crippen molar-refractivity contribution in [3.8, 4) is 5.75 Å². The van der Waals surface area contributed by atoms with Gasteiger partial charge in [0.2, 0.25) is 0 Å². The van der Waals surface area contributed by atoms with E-state index in [4.69, 9.17) is 15.9 Å². The second-order valence-electron chi connectivity index (χ2n) is 4.39. The van der Waals surface area contributed by atoms with Gasteiger partial charge in [-0.3, -0.25) is 5.41 Å². The van der Waals surface area contributed by atoms with Gasteiger partial charge >= 0.3 is 0 Å². The molecule has 104 valence electrons. The first-order valence-electron chi connectivity index (χ1n) is 6.12. The first-order chi connectivity index (χ1) is 9.61. The van der Waals surface area contributed by atoms with Crippen LogP contribution in [0.25, 0.3) is 0 Å². The Morgan fingerprint density at radius 3 is 2.90 bits per heavy atom. The molecule has 0 bridgehead atoms. The number of anilines is 1. The molecule has 1 heterocycles. The molecular formula is C14H17N5O. The molecule has 6 nitrogen and oxygen atoms in total. The lowest BCUT2D eigenvalue weighted by Crippen LogP contribution is -2.23. The Hall–Kier alpha value is -2.63. The molecule has 0 atom stereocenters. The number of ether oxygens (including phenoxy) is 1. The summed E-state index contributed by atoms with van der Waals surface area (Å²) in [5, 5.41) is 15.5. The van der Waals surface area contributed by atoms with Crippen molar-refractivity contribution < 1.29 is 4.74 Å². The summed E-state index contributed by atoms with van der Waals surface area (Å²) in [6.07, 6.45) is 1.53. The van der Waals surface area contributed by atoms with E-state index in [0.29, 0.717) is 17.9 Å². The highest BCUT2D eigenvalue weighted by Crippen LogP contribution is 2.19. The molecule has 6 heteroatoms. The summed E-state index contributed by atoms with van der Waals surface area (Å²) in [5.41, 5.74) is 7.21. The second kappa shape index (κ2) is 6.01. The Balaban J connectivity index is 2.23. The molecule has 0 aliphatic heterocycles. The average Bonchev–Trinajstić information content (AvgIpc) is 2.47. The molecule has 2 rings (SSSR count). The predicted octanol–water partition coefficient (Wildman–Crippen LogP) is 1.41. The molecule has 3 N–H and O–H groups in total. The molecule has 0 aliphatic carbocycles. The van der Waals surface area contributed by atoms with Gasteiger partial charge in [-0.2, -0.15) is 5.10 Å². The summed E-state index contributed by atoms with van der Waals surface area (Å²) < 4.78 is 5.20. The van der Waals surface area contributed by atoms with Gasteiger partial charge in [-0.1, -0.05) is 12.1 Å². The lowest BCUT2D eigenvalue weighted by Gasteiger charge is -2.20. The van der Waals surface area contributed by atoms with Gasteiger partial charge in [0.05, 0.1) is 18.9 Å². The third-order valence-electron chi connectivity index (χ3n) is 2.91. The van der Waals surface area contributed by atoms with Crippen LogP contribution in [0.3, 0.4) is 0 Å². The Labute approximate surface area is 117 Å². The lowest BCUT2D eigenvalue weighted by molar-refractivity contribution is 0.414. The molecule has 1 aromatic carbocycles. The number of rotatable bonds is 5. The van der Waals surface area contributed by atoms with E-state index >= 15 is 0 Å². The van der Waals surface area contributed by atoms with E-state index in [-0.39, 0.29) is 5.84 Å². The fraction of sp³-hybridized carbons (Fsp3) is 0.214. The fourth-order valence-corrected chi connectivity index (χ4v) is 1.94. The number of nitrogens with zero attached hydrogens (tertiary/aromatic N) is 3. The summed E-state index contributed by atoms with van der Waals surface area (Å²) in [4.78, 5) is 1.90. The van der Waals surface area contributed by atoms with E-state index in [1.54, 1.807) is 13.2 Å². The van der Waals surface area contributed by atoms with Crippen molar-refractivity contribution in [2.75, 3.05) is 19.1 Å². The highest BCUT2D eigenvalue weighted by Gasteiger charge is 2.12. The molecule has 0 unspecified atom stereocenters. The van der Waals surface area contributed by atoms with Crippen LogP contribution in [-0.4, -0.2) is 30.2 Å². The van der Waals surface area contributed by atoms with Crippen LogP contribution in [0.15, 0.2) is 36.5 Å². The van der Waals surface area contributed by atoms with Crippen molar-refractivity contribution in [2.45, 2.75) is 6.54 Å². The first kappa shape index (κ1) is 13.8. The molecule has 1 aromatic heterocycles. The van der Waals surface area contributed by atoms with E-state index in [1.165, 1.54) is 6.20 Å². The second-order valence-corrected chi connectivity index (χ2v) is 4.39. The van der Waals surface area contributed by atoms with E-state index in [0.717, 1.165) is 11.3 Å². The van der Waals surface area contributed by atoms with Crippen LogP contribution in [-0.2, 0) is 6.54 Å². The fourth-order valence-electron chi connectivity index (χ4n) is 1.94. The molecule has 0 spiro atoms. The van der Waals surface area contributed by atoms with Gasteiger partial charge in [-0.25, -0.2) is 0 Å². The first-order valence-corrected chi connectivity index (χ1v) is 6.12. The number of benzene rings is 1. The monoisotopic (exact) mass is 271 g/mol. The van der Waals surface area contributed by atoms with Crippen LogP contribution >= 0.6 is 0 Å². The van der Waals surface area contributed by atoms with Crippen LogP contribution < -0.4 is 15.4 Å². The maximum Gasteiger partial charge on any atom is 0.162 e. The molecule has 2 aromatic rings. The number of amidine groups is 1. The molecule has 0 aliphatic rings. The minimum absolute atomic E-state index is 0.0209. The van der Waals surface area contributed by atoms with E-state index in [9.17, 15) is 0 Å². The third-order valence-corrected chi connectivity index (χ3v) is 2.91. The summed E-state index contributed by atoms with van der Waals surface area (Å²) in [6, 6.07) is 9.48. The number of hydrogen-bond acceptors (Lipinski definition) is 5. The van der Waals surface area contributed by atoms with Crippen molar-refractivity contribution in [1.29, 1.82) is 5.41 Å². The Morgan fingerprint density at radius 1 is 1.40 bits per heavy atom. The maximum atomic E-state index is 7.58. The number of methoxy groups -OCH3 is 1. The lowest BCUT2D eigenvalue weighted by atomic mass is 10.2. The Bertz CT molecular complexity index is 614. The van der Waals surface area contributed by atoms with Crippen LogP contribution in [0.5, 0.6) is 5.75 Å². The summed E-state index contributed by atoms with van der Waals surface area (Å²) in [6.45, 7) is 0.621. The molecule has 0 saturated heterocycles. The number of nitrogen functional groups attached to an aromatic ring is 1. The van der Waals surface area contributed by atoms with Crippen molar-refractivity contribution in [3.05, 3.63) is 47.7 Å². The van der Waals surface area contributed by atoms with Crippen LogP contribution in [0, 0.1) is 5.41 Å². The summed E-state index contributed by atoms with van der Waals surface area (Å²) >= 11 is 0. The van der Waals surface area contributed by atoms with E-state index < -0.39 is 0 Å². The standard InChI is InChI=1S/C14H17N5O/c1-19(9-10-4-3-5-11(8-10)20-2)14-12(13(15)16)6-7-17-18-14/h3-8H,9H2,1-2H3,(H3,15,16). The average molecular weight is 271 g/mol.